The van der Waals surface area contributed by atoms with Crippen LogP contribution in [-0.4, -0.2) is 8.07 Å². The molecule has 0 aliphatic heterocycles. The molecule has 0 bridgehead atoms. The van der Waals surface area contributed by atoms with Gasteiger partial charge in [-0.3, -0.25) is 0 Å². The lowest BCUT2D eigenvalue weighted by molar-refractivity contribution is 1.09. The van der Waals surface area contributed by atoms with Gasteiger partial charge in [-0.2, -0.15) is 0 Å². The van der Waals surface area contributed by atoms with Crippen LogP contribution in [0.25, 0.3) is 0 Å². The summed E-state index contributed by atoms with van der Waals surface area (Å²) in [5.41, 5.74) is 2.88. The monoisotopic (exact) mass is 192 g/mol. The molecule has 1 aromatic carbocycles. The van der Waals surface area contributed by atoms with Gasteiger partial charge in [-0.25, -0.2) is 0 Å². The van der Waals surface area contributed by atoms with E-state index in [-0.39, 0.29) is 0 Å². The molecule has 0 aliphatic carbocycles. The van der Waals surface area contributed by atoms with E-state index in [0.29, 0.717) is 0 Å². The van der Waals surface area contributed by atoms with Gasteiger partial charge in [0.15, 0.2) is 0 Å². The first-order chi connectivity index (χ1) is 5.97. The number of aryl methyl sites for hydroxylation is 2. The summed E-state index contributed by atoms with van der Waals surface area (Å²) in [5, 5.41) is 0. The topological polar surface area (TPSA) is 0 Å². The van der Waals surface area contributed by atoms with E-state index in [0.717, 1.165) is 0 Å². The van der Waals surface area contributed by atoms with Crippen molar-refractivity contribution in [3.63, 3.8) is 0 Å². The zero-order valence-electron chi connectivity index (χ0n) is 9.22. The van der Waals surface area contributed by atoms with Crippen molar-refractivity contribution in [1.29, 1.82) is 0 Å². The minimum absolute atomic E-state index is 0.857. The van der Waals surface area contributed by atoms with E-state index in [2.05, 4.69) is 50.8 Å². The third kappa shape index (κ3) is 4.27. The maximum atomic E-state index is 2.43. The fourth-order valence-corrected chi connectivity index (χ4v) is 2.43. The number of hydrogen-bond donors (Lipinski definition) is 0. The molecule has 72 valence electrons. The van der Waals surface area contributed by atoms with E-state index in [4.69, 9.17) is 0 Å². The molecule has 0 unspecified atom stereocenters. The fourth-order valence-electron chi connectivity index (χ4n) is 1.39. The molecule has 0 aromatic heterocycles. The normalized spacial score (nSPS) is 11.7. The van der Waals surface area contributed by atoms with E-state index in [1.165, 1.54) is 23.6 Å². The van der Waals surface area contributed by atoms with Gasteiger partial charge >= 0.3 is 0 Å². The van der Waals surface area contributed by atoms with Crippen molar-refractivity contribution < 1.29 is 0 Å². The highest BCUT2D eigenvalue weighted by atomic mass is 28.3. The van der Waals surface area contributed by atoms with Crippen LogP contribution in [0.2, 0.25) is 25.7 Å². The van der Waals surface area contributed by atoms with Crippen LogP contribution in [0.4, 0.5) is 0 Å². The average Bonchev–Trinajstić information content (AvgIpc) is 2.00. The second-order valence-corrected chi connectivity index (χ2v) is 10.7. The largest absolute Gasteiger partial charge is 0.0695 e. The van der Waals surface area contributed by atoms with Gasteiger partial charge in [0.25, 0.3) is 0 Å². The Labute approximate surface area is 83.0 Å². The van der Waals surface area contributed by atoms with E-state index in [9.17, 15) is 0 Å². The van der Waals surface area contributed by atoms with Gasteiger partial charge in [-0.15, -0.1) is 0 Å². The summed E-state index contributed by atoms with van der Waals surface area (Å²) >= 11 is 0. The molecule has 0 saturated heterocycles. The van der Waals surface area contributed by atoms with Crippen molar-refractivity contribution in [3.8, 4) is 0 Å². The van der Waals surface area contributed by atoms with Crippen LogP contribution in [0.3, 0.4) is 0 Å². The summed E-state index contributed by atoms with van der Waals surface area (Å²) in [6.07, 6.45) is 1.26. The molecule has 0 fully saturated rings. The first kappa shape index (κ1) is 10.5. The number of hydrogen-bond acceptors (Lipinski definition) is 0. The van der Waals surface area contributed by atoms with Crippen LogP contribution in [0, 0.1) is 6.92 Å². The summed E-state index contributed by atoms with van der Waals surface area (Å²) in [4.78, 5) is 0. The summed E-state index contributed by atoms with van der Waals surface area (Å²) in [6.45, 7) is 9.46. The highest BCUT2D eigenvalue weighted by Crippen LogP contribution is 2.14. The molecular formula is C12H20Si. The van der Waals surface area contributed by atoms with Crippen molar-refractivity contribution in [2.75, 3.05) is 0 Å². The Balaban J connectivity index is 2.55. The first-order valence-electron chi connectivity index (χ1n) is 5.03. The molecule has 0 nitrogen and oxygen atoms in total. The third-order valence-electron chi connectivity index (χ3n) is 2.25. The molecule has 0 saturated carbocycles. The van der Waals surface area contributed by atoms with Crippen molar-refractivity contribution in [1.82, 2.24) is 0 Å². The maximum absolute atomic E-state index is 2.43. The Bertz CT molecular complexity index is 271. The molecule has 0 N–H and O–H groups in total. The van der Waals surface area contributed by atoms with Gasteiger partial charge in [0.1, 0.15) is 0 Å². The SMILES string of the molecule is Cc1cccc(CC[Si](C)(C)C)c1. The number of rotatable bonds is 3. The van der Waals surface area contributed by atoms with Crippen LogP contribution in [-0.2, 0) is 6.42 Å². The van der Waals surface area contributed by atoms with Crippen molar-refractivity contribution in [2.24, 2.45) is 0 Å². The molecule has 0 spiro atoms. The lowest BCUT2D eigenvalue weighted by atomic mass is 10.1. The summed E-state index contributed by atoms with van der Waals surface area (Å²) in [5.74, 6) is 0. The lowest BCUT2D eigenvalue weighted by Crippen LogP contribution is -2.19. The van der Waals surface area contributed by atoms with Crippen LogP contribution in [0.5, 0.6) is 0 Å². The van der Waals surface area contributed by atoms with Crippen molar-refractivity contribution in [2.45, 2.75) is 39.0 Å². The predicted molar refractivity (Wildman–Crippen MR) is 63.0 cm³/mol. The molecule has 0 atom stereocenters. The zero-order valence-corrected chi connectivity index (χ0v) is 10.2. The lowest BCUT2D eigenvalue weighted by Gasteiger charge is -2.15. The molecule has 13 heavy (non-hydrogen) atoms. The second kappa shape index (κ2) is 4.10. The van der Waals surface area contributed by atoms with Gasteiger partial charge in [0, 0.05) is 8.07 Å². The molecule has 1 heteroatoms. The minimum atomic E-state index is -0.857. The smallest absolute Gasteiger partial charge is 0.0445 e. The fraction of sp³-hybridized carbons (Fsp3) is 0.500. The maximum Gasteiger partial charge on any atom is 0.0445 e. The molecule has 1 aromatic rings. The van der Waals surface area contributed by atoms with Crippen molar-refractivity contribution in [3.05, 3.63) is 35.4 Å². The van der Waals surface area contributed by atoms with E-state index in [1.807, 2.05) is 0 Å². The van der Waals surface area contributed by atoms with E-state index < -0.39 is 8.07 Å². The minimum Gasteiger partial charge on any atom is -0.0695 e. The van der Waals surface area contributed by atoms with Crippen LogP contribution < -0.4 is 0 Å². The van der Waals surface area contributed by atoms with Crippen molar-refractivity contribution >= 4 is 8.07 Å². The molecule has 1 rings (SSSR count). The summed E-state index contributed by atoms with van der Waals surface area (Å²) < 4.78 is 0. The Morgan fingerprint density at radius 2 is 1.85 bits per heavy atom. The quantitative estimate of drug-likeness (QED) is 0.638. The second-order valence-electron chi connectivity index (χ2n) is 5.05. The third-order valence-corrected chi connectivity index (χ3v) is 4.00. The standard InChI is InChI=1S/C12H20Si/c1-11-6-5-7-12(10-11)8-9-13(2,3)4/h5-7,10H,8-9H2,1-4H3. The molecule has 0 amide bonds. The molecule has 0 aliphatic rings. The highest BCUT2D eigenvalue weighted by molar-refractivity contribution is 6.76. The van der Waals surface area contributed by atoms with E-state index >= 15 is 0 Å². The van der Waals surface area contributed by atoms with Gasteiger partial charge in [-0.05, 0) is 18.9 Å². The first-order valence-corrected chi connectivity index (χ1v) is 8.74. The molecular weight excluding hydrogens is 172 g/mol. The Hall–Kier alpha value is -0.563. The Morgan fingerprint density at radius 3 is 2.38 bits per heavy atom. The van der Waals surface area contributed by atoms with Gasteiger partial charge in [-0.1, -0.05) is 55.5 Å². The average molecular weight is 192 g/mol. The Morgan fingerprint density at radius 1 is 1.15 bits per heavy atom. The predicted octanol–water partition coefficient (Wildman–Crippen LogP) is 3.88. The van der Waals surface area contributed by atoms with Gasteiger partial charge in [0.05, 0.1) is 0 Å². The Kier molecular flexibility index (Phi) is 3.31. The summed E-state index contributed by atoms with van der Waals surface area (Å²) in [7, 11) is -0.857. The van der Waals surface area contributed by atoms with E-state index in [1.54, 1.807) is 0 Å². The van der Waals surface area contributed by atoms with Crippen LogP contribution >= 0.6 is 0 Å². The van der Waals surface area contributed by atoms with Gasteiger partial charge < -0.3 is 0 Å². The zero-order chi connectivity index (χ0) is 9.90. The number of benzene rings is 1. The molecule has 0 heterocycles. The molecule has 0 radical (unpaired) electrons. The summed E-state index contributed by atoms with van der Waals surface area (Å²) in [6, 6.07) is 10.3. The highest BCUT2D eigenvalue weighted by Gasteiger charge is 2.12. The van der Waals surface area contributed by atoms with Crippen LogP contribution in [0.1, 0.15) is 11.1 Å². The van der Waals surface area contributed by atoms with Crippen LogP contribution in [0.15, 0.2) is 24.3 Å². The van der Waals surface area contributed by atoms with Gasteiger partial charge in [0.2, 0.25) is 0 Å².